The van der Waals surface area contributed by atoms with E-state index in [4.69, 9.17) is 4.74 Å². The van der Waals surface area contributed by atoms with Gasteiger partial charge in [0, 0.05) is 36.7 Å². The summed E-state index contributed by atoms with van der Waals surface area (Å²) in [7, 11) is 0. The minimum atomic E-state index is -0.724. The molecule has 2 N–H and O–H groups in total. The lowest BCUT2D eigenvalue weighted by Gasteiger charge is -2.29. The number of hydrogen-bond acceptors (Lipinski definition) is 8. The summed E-state index contributed by atoms with van der Waals surface area (Å²) < 4.78 is 6.16. The van der Waals surface area contributed by atoms with Gasteiger partial charge in [0.1, 0.15) is 11.4 Å². The second kappa shape index (κ2) is 9.51. The molecule has 34 heavy (non-hydrogen) atoms. The van der Waals surface area contributed by atoms with E-state index in [1.54, 1.807) is 13.0 Å². The minimum absolute atomic E-state index is 0.0800. The van der Waals surface area contributed by atoms with E-state index in [1.165, 1.54) is 12.1 Å². The molecule has 1 aromatic carbocycles. The molecule has 2 aromatic rings. The van der Waals surface area contributed by atoms with Crippen molar-refractivity contribution in [1.29, 1.82) is 0 Å². The topological polar surface area (TPSA) is 132 Å². The van der Waals surface area contributed by atoms with Crippen molar-refractivity contribution in [2.75, 3.05) is 31.6 Å². The van der Waals surface area contributed by atoms with E-state index in [9.17, 15) is 19.7 Å². The van der Waals surface area contributed by atoms with Crippen LogP contribution >= 0.6 is 0 Å². The zero-order valence-electron chi connectivity index (χ0n) is 19.7. The van der Waals surface area contributed by atoms with E-state index < -0.39 is 16.9 Å². The number of nitrogens with one attached hydrogen (secondary N) is 2. The van der Waals surface area contributed by atoms with Gasteiger partial charge < -0.3 is 15.4 Å². The third-order valence-corrected chi connectivity index (χ3v) is 6.27. The van der Waals surface area contributed by atoms with Crippen LogP contribution < -0.4 is 10.6 Å². The highest BCUT2D eigenvalue weighted by Crippen LogP contribution is 2.34. The molecule has 1 fully saturated rings. The third kappa shape index (κ3) is 4.66. The van der Waals surface area contributed by atoms with Gasteiger partial charge in [-0.3, -0.25) is 19.8 Å². The molecule has 11 heteroatoms. The first-order chi connectivity index (χ1) is 16.2. The van der Waals surface area contributed by atoms with Gasteiger partial charge in [-0.05, 0) is 44.5 Å². The predicted octanol–water partition coefficient (Wildman–Crippen LogP) is 3.02. The van der Waals surface area contributed by atoms with Gasteiger partial charge in [0.05, 0.1) is 17.2 Å². The minimum Gasteiger partial charge on any atom is -0.448 e. The number of carbonyl (C=O) groups excluding carboxylic acids is 2. The molecule has 11 nitrogen and oxygen atoms in total. The van der Waals surface area contributed by atoms with Gasteiger partial charge in [-0.1, -0.05) is 19.9 Å². The zero-order valence-corrected chi connectivity index (χ0v) is 19.7. The second-order valence-corrected chi connectivity index (χ2v) is 9.32. The number of anilines is 1. The number of fused-ring (bicyclic) bond motifs is 1. The lowest BCUT2D eigenvalue weighted by molar-refractivity contribution is -0.385. The first kappa shape index (κ1) is 23.8. The highest BCUT2D eigenvalue weighted by molar-refractivity contribution is 6.07. The SMILES string of the molecule is CCOC(=O)n1nc2c(c1NC(=O)c1ccc(CN3CCCC3)cc1[N+](=O)[O-])CNCC2(C)C. The smallest absolute Gasteiger partial charge is 0.436 e. The van der Waals surface area contributed by atoms with Crippen LogP contribution in [0.15, 0.2) is 18.2 Å². The fourth-order valence-corrected chi connectivity index (χ4v) is 4.58. The lowest BCUT2D eigenvalue weighted by atomic mass is 9.84. The van der Waals surface area contributed by atoms with Crippen molar-refractivity contribution in [3.8, 4) is 0 Å². The summed E-state index contributed by atoms with van der Waals surface area (Å²) in [4.78, 5) is 39.3. The lowest BCUT2D eigenvalue weighted by Crippen LogP contribution is -2.38. The Bertz CT molecular complexity index is 1120. The number of likely N-dealkylation sites (tertiary alicyclic amines) is 1. The van der Waals surface area contributed by atoms with Crippen molar-refractivity contribution in [3.05, 3.63) is 50.7 Å². The summed E-state index contributed by atoms with van der Waals surface area (Å²) in [6.07, 6.45) is 1.51. The summed E-state index contributed by atoms with van der Waals surface area (Å²) in [5.41, 5.74) is 1.38. The number of carbonyl (C=O) groups is 2. The highest BCUT2D eigenvalue weighted by atomic mass is 16.6. The molecule has 3 heterocycles. The van der Waals surface area contributed by atoms with Crippen LogP contribution in [-0.4, -0.2) is 57.8 Å². The molecule has 1 saturated heterocycles. The van der Waals surface area contributed by atoms with Crippen LogP contribution in [0.2, 0.25) is 0 Å². The van der Waals surface area contributed by atoms with Gasteiger partial charge in [-0.2, -0.15) is 5.10 Å². The molecular formula is C23H30N6O5. The molecule has 2 aliphatic heterocycles. The van der Waals surface area contributed by atoms with Crippen LogP contribution in [0.3, 0.4) is 0 Å². The van der Waals surface area contributed by atoms with E-state index in [2.05, 4.69) is 20.6 Å². The molecule has 4 rings (SSSR count). The molecule has 182 valence electrons. The van der Waals surface area contributed by atoms with Crippen molar-refractivity contribution in [1.82, 2.24) is 20.0 Å². The van der Waals surface area contributed by atoms with Crippen LogP contribution in [-0.2, 0) is 23.2 Å². The second-order valence-electron chi connectivity index (χ2n) is 9.32. The fraction of sp³-hybridized carbons (Fsp3) is 0.522. The van der Waals surface area contributed by atoms with E-state index in [0.29, 0.717) is 30.9 Å². The summed E-state index contributed by atoms with van der Waals surface area (Å²) >= 11 is 0. The fourth-order valence-electron chi connectivity index (χ4n) is 4.58. The van der Waals surface area contributed by atoms with E-state index in [-0.39, 0.29) is 29.1 Å². The molecule has 1 aromatic heterocycles. The molecule has 1 amide bonds. The Morgan fingerprint density at radius 3 is 2.71 bits per heavy atom. The van der Waals surface area contributed by atoms with Gasteiger partial charge in [0.25, 0.3) is 11.6 Å². The molecule has 0 saturated carbocycles. The Morgan fingerprint density at radius 1 is 1.29 bits per heavy atom. The maximum absolute atomic E-state index is 13.2. The summed E-state index contributed by atoms with van der Waals surface area (Å²) in [6.45, 7) is 9.35. The molecular weight excluding hydrogens is 440 g/mol. The summed E-state index contributed by atoms with van der Waals surface area (Å²) in [5.74, 6) is -0.523. The Kier molecular flexibility index (Phi) is 6.67. The quantitative estimate of drug-likeness (QED) is 0.486. The first-order valence-electron chi connectivity index (χ1n) is 11.5. The number of ether oxygens (including phenoxy) is 1. The molecule has 0 aliphatic carbocycles. The molecule has 0 atom stereocenters. The number of benzene rings is 1. The zero-order chi connectivity index (χ0) is 24.5. The van der Waals surface area contributed by atoms with E-state index >= 15 is 0 Å². The van der Waals surface area contributed by atoms with Gasteiger partial charge in [0.2, 0.25) is 0 Å². The van der Waals surface area contributed by atoms with Crippen molar-refractivity contribution < 1.29 is 19.2 Å². The van der Waals surface area contributed by atoms with Gasteiger partial charge in [-0.25, -0.2) is 4.79 Å². The number of nitrogens with zero attached hydrogens (tertiary/aromatic N) is 4. The van der Waals surface area contributed by atoms with Gasteiger partial charge in [0.15, 0.2) is 0 Å². The van der Waals surface area contributed by atoms with Crippen molar-refractivity contribution >= 4 is 23.5 Å². The monoisotopic (exact) mass is 470 g/mol. The highest BCUT2D eigenvalue weighted by Gasteiger charge is 2.36. The summed E-state index contributed by atoms with van der Waals surface area (Å²) in [6, 6.07) is 4.66. The number of nitro benzene ring substituents is 1. The average molecular weight is 471 g/mol. The Labute approximate surface area is 197 Å². The van der Waals surface area contributed by atoms with Crippen molar-refractivity contribution in [3.63, 3.8) is 0 Å². The average Bonchev–Trinajstić information content (AvgIpc) is 3.42. The van der Waals surface area contributed by atoms with Crippen molar-refractivity contribution in [2.24, 2.45) is 0 Å². The maximum atomic E-state index is 13.2. The van der Waals surface area contributed by atoms with Crippen LogP contribution in [0.1, 0.15) is 60.8 Å². The van der Waals surface area contributed by atoms with Crippen LogP contribution in [0.25, 0.3) is 0 Å². The molecule has 2 aliphatic rings. The van der Waals surface area contributed by atoms with Crippen LogP contribution in [0.5, 0.6) is 0 Å². The largest absolute Gasteiger partial charge is 0.448 e. The first-order valence-corrected chi connectivity index (χ1v) is 11.5. The Balaban J connectivity index is 1.67. The predicted molar refractivity (Wildman–Crippen MR) is 125 cm³/mol. The normalized spacial score (nSPS) is 17.3. The van der Waals surface area contributed by atoms with Gasteiger partial charge in [-0.15, -0.1) is 4.68 Å². The van der Waals surface area contributed by atoms with Gasteiger partial charge >= 0.3 is 6.09 Å². The number of hydrogen-bond donors (Lipinski definition) is 2. The third-order valence-electron chi connectivity index (χ3n) is 6.27. The summed E-state index contributed by atoms with van der Waals surface area (Å²) in [5, 5.41) is 22.2. The maximum Gasteiger partial charge on any atom is 0.436 e. The van der Waals surface area contributed by atoms with Crippen LogP contribution in [0, 0.1) is 10.1 Å². The molecule has 0 radical (unpaired) electrons. The van der Waals surface area contributed by atoms with Crippen LogP contribution in [0.4, 0.5) is 16.3 Å². The van der Waals surface area contributed by atoms with E-state index in [1.807, 2.05) is 13.8 Å². The molecule has 0 spiro atoms. The number of nitro groups is 1. The Morgan fingerprint density at radius 2 is 2.03 bits per heavy atom. The standard InChI is InChI=1S/C23H30N6O5/c1-4-34-22(31)28-20(17-12-24-14-23(2,3)19(17)26-28)25-21(30)16-8-7-15(11-18(16)29(32)33)13-27-9-5-6-10-27/h7-8,11,24H,4-6,9-10,12-14H2,1-3H3,(H,25,30). The number of amides is 1. The number of aromatic nitrogens is 2. The number of rotatable bonds is 6. The molecule has 0 bridgehead atoms. The van der Waals surface area contributed by atoms with E-state index in [0.717, 1.165) is 36.2 Å². The van der Waals surface area contributed by atoms with Crippen molar-refractivity contribution in [2.45, 2.75) is 52.1 Å². The Hall–Kier alpha value is -3.31. The molecule has 0 unspecified atom stereocenters.